The van der Waals surface area contributed by atoms with Gasteiger partial charge >= 0.3 is 5.97 Å². The molecule has 19 heavy (non-hydrogen) atoms. The van der Waals surface area contributed by atoms with Gasteiger partial charge in [0.1, 0.15) is 11.9 Å². The third-order valence-electron chi connectivity index (χ3n) is 2.86. The van der Waals surface area contributed by atoms with Crippen LogP contribution in [0.2, 0.25) is 5.02 Å². The number of benzene rings is 1. The number of nitrogens with one attached hydrogen (secondary N) is 1. The zero-order valence-electron chi connectivity index (χ0n) is 11.4. The first-order valence-corrected chi connectivity index (χ1v) is 6.75. The summed E-state index contributed by atoms with van der Waals surface area (Å²) in [6.45, 7) is 6.00. The summed E-state index contributed by atoms with van der Waals surface area (Å²) < 4.78 is 18.1. The summed E-state index contributed by atoms with van der Waals surface area (Å²) in [6.07, 6.45) is 0.856. The Morgan fingerprint density at radius 3 is 2.68 bits per heavy atom. The van der Waals surface area contributed by atoms with E-state index in [1.165, 1.54) is 18.2 Å². The number of hydrogen-bond donors (Lipinski definition) is 1. The van der Waals surface area contributed by atoms with Crippen LogP contribution in [0.5, 0.6) is 0 Å². The average molecular weight is 288 g/mol. The van der Waals surface area contributed by atoms with E-state index in [2.05, 4.69) is 5.32 Å². The van der Waals surface area contributed by atoms with E-state index in [4.69, 9.17) is 16.3 Å². The lowest BCUT2D eigenvalue weighted by Crippen LogP contribution is -2.36. The first-order chi connectivity index (χ1) is 8.99. The molecule has 2 unspecified atom stereocenters. The van der Waals surface area contributed by atoms with Gasteiger partial charge in [-0.15, -0.1) is 0 Å². The highest BCUT2D eigenvalue weighted by Gasteiger charge is 2.25. The normalized spacial score (nSPS) is 13.9. The molecule has 1 aromatic carbocycles. The van der Waals surface area contributed by atoms with E-state index >= 15 is 0 Å². The Kier molecular flexibility index (Phi) is 6.25. The Balaban J connectivity index is 3.03. The molecule has 5 heteroatoms. The van der Waals surface area contributed by atoms with Crippen molar-refractivity contribution in [3.05, 3.63) is 34.6 Å². The molecule has 0 aliphatic carbocycles. The molecule has 1 N–H and O–H groups in total. The van der Waals surface area contributed by atoms with Crippen molar-refractivity contribution in [1.82, 2.24) is 5.32 Å². The highest BCUT2D eigenvalue weighted by molar-refractivity contribution is 6.31. The molecule has 1 aromatic rings. The molecular formula is C14H19ClFNO2. The van der Waals surface area contributed by atoms with Gasteiger partial charge < -0.3 is 4.74 Å². The summed E-state index contributed by atoms with van der Waals surface area (Å²) in [5.41, 5.74) is 0.529. The minimum absolute atomic E-state index is 0.121. The standard InChI is InChI=1S/C14H19ClFNO2/c1-4-9(3)17-13(14(18)19-5-2)11-7-6-10(16)8-12(11)15/h6-9,13,17H,4-5H2,1-3H3. The van der Waals surface area contributed by atoms with Gasteiger partial charge in [-0.25, -0.2) is 9.18 Å². The van der Waals surface area contributed by atoms with E-state index in [1.54, 1.807) is 6.92 Å². The largest absolute Gasteiger partial charge is 0.465 e. The SMILES string of the molecule is CCOC(=O)C(NC(C)CC)c1ccc(F)cc1Cl. The van der Waals surface area contributed by atoms with Gasteiger partial charge in [0.05, 0.1) is 6.61 Å². The Labute approximate surface area is 118 Å². The molecule has 0 fully saturated rings. The number of carbonyl (C=O) groups is 1. The van der Waals surface area contributed by atoms with E-state index in [-0.39, 0.29) is 17.7 Å². The minimum Gasteiger partial charge on any atom is -0.465 e. The van der Waals surface area contributed by atoms with Gasteiger partial charge in [-0.3, -0.25) is 5.32 Å². The smallest absolute Gasteiger partial charge is 0.327 e. The van der Waals surface area contributed by atoms with E-state index < -0.39 is 17.8 Å². The molecule has 3 nitrogen and oxygen atoms in total. The maximum absolute atomic E-state index is 13.1. The summed E-state index contributed by atoms with van der Waals surface area (Å²) in [7, 11) is 0. The second kappa shape index (κ2) is 7.46. The molecule has 0 radical (unpaired) electrons. The maximum Gasteiger partial charge on any atom is 0.327 e. The summed E-state index contributed by atoms with van der Waals surface area (Å²) >= 11 is 6.01. The maximum atomic E-state index is 13.1. The Morgan fingerprint density at radius 2 is 2.16 bits per heavy atom. The lowest BCUT2D eigenvalue weighted by atomic mass is 10.1. The van der Waals surface area contributed by atoms with Crippen molar-refractivity contribution < 1.29 is 13.9 Å². The van der Waals surface area contributed by atoms with Crippen LogP contribution in [0.1, 0.15) is 38.8 Å². The van der Waals surface area contributed by atoms with Crippen LogP contribution in [0.3, 0.4) is 0 Å². The van der Waals surface area contributed by atoms with E-state index in [0.717, 1.165) is 6.42 Å². The summed E-state index contributed by atoms with van der Waals surface area (Å²) in [4.78, 5) is 12.0. The van der Waals surface area contributed by atoms with Gasteiger partial charge in [0, 0.05) is 11.1 Å². The Hall–Kier alpha value is -1.13. The molecule has 0 amide bonds. The fourth-order valence-electron chi connectivity index (χ4n) is 1.65. The van der Waals surface area contributed by atoms with E-state index in [0.29, 0.717) is 5.56 Å². The van der Waals surface area contributed by atoms with Crippen molar-refractivity contribution in [1.29, 1.82) is 0 Å². The molecule has 0 aliphatic heterocycles. The van der Waals surface area contributed by atoms with Crippen LogP contribution < -0.4 is 5.32 Å². The van der Waals surface area contributed by atoms with E-state index in [9.17, 15) is 9.18 Å². The monoisotopic (exact) mass is 287 g/mol. The van der Waals surface area contributed by atoms with Crippen molar-refractivity contribution in [2.24, 2.45) is 0 Å². The fourth-order valence-corrected chi connectivity index (χ4v) is 1.92. The second-order valence-corrected chi connectivity index (χ2v) is 4.73. The molecule has 1 rings (SSSR count). The lowest BCUT2D eigenvalue weighted by molar-refractivity contribution is -0.146. The second-order valence-electron chi connectivity index (χ2n) is 4.33. The van der Waals surface area contributed by atoms with Crippen LogP contribution in [0.4, 0.5) is 4.39 Å². The van der Waals surface area contributed by atoms with Gasteiger partial charge in [-0.05, 0) is 38.0 Å². The Morgan fingerprint density at radius 1 is 1.47 bits per heavy atom. The summed E-state index contributed by atoms with van der Waals surface area (Å²) in [6, 6.07) is 3.43. The van der Waals surface area contributed by atoms with Crippen molar-refractivity contribution >= 4 is 17.6 Å². The lowest BCUT2D eigenvalue weighted by Gasteiger charge is -2.22. The van der Waals surface area contributed by atoms with Crippen LogP contribution in [0, 0.1) is 5.82 Å². The van der Waals surface area contributed by atoms with Crippen LogP contribution >= 0.6 is 11.6 Å². The highest BCUT2D eigenvalue weighted by atomic mass is 35.5. The minimum atomic E-state index is -0.678. The number of hydrogen-bond acceptors (Lipinski definition) is 3. The molecule has 2 atom stereocenters. The predicted octanol–water partition coefficient (Wildman–Crippen LogP) is 3.47. The van der Waals surface area contributed by atoms with Crippen LogP contribution in [0.25, 0.3) is 0 Å². The summed E-state index contributed by atoms with van der Waals surface area (Å²) in [5.74, 6) is -0.837. The van der Waals surface area contributed by atoms with Crippen molar-refractivity contribution in [2.75, 3.05) is 6.61 Å². The molecule has 0 saturated carbocycles. The van der Waals surface area contributed by atoms with Crippen LogP contribution in [-0.2, 0) is 9.53 Å². The van der Waals surface area contributed by atoms with Gasteiger partial charge in [-0.2, -0.15) is 0 Å². The average Bonchev–Trinajstić information content (AvgIpc) is 2.36. The molecule has 0 spiro atoms. The quantitative estimate of drug-likeness (QED) is 0.814. The third kappa shape index (κ3) is 4.48. The van der Waals surface area contributed by atoms with Crippen molar-refractivity contribution in [3.63, 3.8) is 0 Å². The first kappa shape index (κ1) is 15.9. The first-order valence-electron chi connectivity index (χ1n) is 6.37. The third-order valence-corrected chi connectivity index (χ3v) is 3.19. The van der Waals surface area contributed by atoms with E-state index in [1.807, 2.05) is 13.8 Å². The molecule has 0 aromatic heterocycles. The van der Waals surface area contributed by atoms with Crippen molar-refractivity contribution in [3.8, 4) is 0 Å². The summed E-state index contributed by atoms with van der Waals surface area (Å²) in [5, 5.41) is 3.36. The van der Waals surface area contributed by atoms with Crippen LogP contribution in [0.15, 0.2) is 18.2 Å². The number of carbonyl (C=O) groups excluding carboxylic acids is 1. The van der Waals surface area contributed by atoms with Crippen molar-refractivity contribution in [2.45, 2.75) is 39.3 Å². The number of ether oxygens (including phenoxy) is 1. The molecule has 0 saturated heterocycles. The predicted molar refractivity (Wildman–Crippen MR) is 73.7 cm³/mol. The molecule has 0 aliphatic rings. The zero-order valence-corrected chi connectivity index (χ0v) is 12.1. The fraction of sp³-hybridized carbons (Fsp3) is 0.500. The van der Waals surface area contributed by atoms with Crippen LogP contribution in [-0.4, -0.2) is 18.6 Å². The van der Waals surface area contributed by atoms with Gasteiger partial charge in [0.15, 0.2) is 0 Å². The number of halogens is 2. The van der Waals surface area contributed by atoms with Gasteiger partial charge in [0.25, 0.3) is 0 Å². The zero-order chi connectivity index (χ0) is 14.4. The topological polar surface area (TPSA) is 38.3 Å². The molecule has 106 valence electrons. The highest BCUT2D eigenvalue weighted by Crippen LogP contribution is 2.25. The molecule has 0 bridgehead atoms. The molecular weight excluding hydrogens is 269 g/mol. The number of rotatable bonds is 6. The van der Waals surface area contributed by atoms with Gasteiger partial charge in [-0.1, -0.05) is 24.6 Å². The molecule has 0 heterocycles. The number of esters is 1. The van der Waals surface area contributed by atoms with Gasteiger partial charge in [0.2, 0.25) is 0 Å². The Bertz CT molecular complexity index is 439.